The smallest absolute Gasteiger partial charge is 0.0277 e. The lowest BCUT2D eigenvalue weighted by atomic mass is 10.1. The van der Waals surface area contributed by atoms with E-state index in [9.17, 15) is 0 Å². The fraction of sp³-hybridized carbons (Fsp3) is 0.429. The van der Waals surface area contributed by atoms with E-state index in [0.29, 0.717) is 0 Å². The van der Waals surface area contributed by atoms with Crippen LogP contribution in [0, 0.1) is 25.7 Å². The van der Waals surface area contributed by atoms with Crippen molar-refractivity contribution in [2.24, 2.45) is 5.73 Å². The Hall–Kier alpha value is -1.26. The molecule has 2 N–H and O–H groups in total. The summed E-state index contributed by atoms with van der Waals surface area (Å²) in [5.74, 6) is 6.42. The molecule has 0 saturated heterocycles. The van der Waals surface area contributed by atoms with Crippen LogP contribution in [0.5, 0.6) is 0 Å². The Morgan fingerprint density at radius 2 is 2.00 bits per heavy atom. The predicted molar refractivity (Wildman–Crippen MR) is 65.7 cm³/mol. The number of benzene rings is 1. The number of aryl methyl sites for hydroxylation is 2. The van der Waals surface area contributed by atoms with Crippen LogP contribution in [-0.4, -0.2) is 6.54 Å². The molecule has 15 heavy (non-hydrogen) atoms. The zero-order valence-corrected chi connectivity index (χ0v) is 9.64. The van der Waals surface area contributed by atoms with Crippen molar-refractivity contribution in [3.05, 3.63) is 34.9 Å². The van der Waals surface area contributed by atoms with Gasteiger partial charge in [-0.2, -0.15) is 0 Å². The molecule has 0 bridgehead atoms. The molecule has 0 fully saturated rings. The van der Waals surface area contributed by atoms with Crippen molar-refractivity contribution >= 4 is 0 Å². The van der Waals surface area contributed by atoms with E-state index in [1.165, 1.54) is 11.1 Å². The molecule has 1 heteroatoms. The molecule has 0 saturated carbocycles. The highest BCUT2D eigenvalue weighted by Gasteiger charge is 1.93. The number of rotatable bonds is 3. The van der Waals surface area contributed by atoms with Crippen molar-refractivity contribution in [3.63, 3.8) is 0 Å². The topological polar surface area (TPSA) is 26.0 Å². The van der Waals surface area contributed by atoms with Gasteiger partial charge in [-0.3, -0.25) is 0 Å². The van der Waals surface area contributed by atoms with Crippen LogP contribution in [0.25, 0.3) is 0 Å². The summed E-state index contributed by atoms with van der Waals surface area (Å²) in [7, 11) is 0. The van der Waals surface area contributed by atoms with E-state index in [0.717, 1.165) is 31.4 Å². The van der Waals surface area contributed by atoms with Crippen molar-refractivity contribution in [2.45, 2.75) is 33.1 Å². The van der Waals surface area contributed by atoms with Crippen molar-refractivity contribution in [1.29, 1.82) is 0 Å². The molecule has 0 aliphatic rings. The van der Waals surface area contributed by atoms with Gasteiger partial charge in [-0.25, -0.2) is 0 Å². The van der Waals surface area contributed by atoms with Gasteiger partial charge in [0.15, 0.2) is 0 Å². The van der Waals surface area contributed by atoms with E-state index in [1.54, 1.807) is 0 Å². The first-order valence-electron chi connectivity index (χ1n) is 5.50. The fourth-order valence-electron chi connectivity index (χ4n) is 1.39. The van der Waals surface area contributed by atoms with Gasteiger partial charge < -0.3 is 5.73 Å². The van der Waals surface area contributed by atoms with Crippen molar-refractivity contribution in [1.82, 2.24) is 0 Å². The molecule has 0 spiro atoms. The minimum Gasteiger partial charge on any atom is -0.330 e. The molecule has 0 unspecified atom stereocenters. The summed E-state index contributed by atoms with van der Waals surface area (Å²) in [6.07, 6.45) is 3.13. The second kappa shape index (κ2) is 6.27. The van der Waals surface area contributed by atoms with Gasteiger partial charge >= 0.3 is 0 Å². The molecule has 80 valence electrons. The number of hydrogen-bond acceptors (Lipinski definition) is 1. The molecule has 0 atom stereocenters. The molecule has 0 radical (unpaired) electrons. The van der Waals surface area contributed by atoms with Crippen molar-refractivity contribution in [3.8, 4) is 11.8 Å². The highest BCUT2D eigenvalue weighted by Crippen LogP contribution is 2.09. The summed E-state index contributed by atoms with van der Waals surface area (Å²) in [5.41, 5.74) is 9.10. The number of hydrogen-bond donors (Lipinski definition) is 1. The highest BCUT2D eigenvalue weighted by atomic mass is 14.5. The lowest BCUT2D eigenvalue weighted by Crippen LogP contribution is -1.96. The van der Waals surface area contributed by atoms with Crippen LogP contribution in [0.15, 0.2) is 18.2 Å². The average molecular weight is 201 g/mol. The maximum absolute atomic E-state index is 5.42. The summed E-state index contributed by atoms with van der Waals surface area (Å²) in [4.78, 5) is 0. The minimum absolute atomic E-state index is 0.769. The lowest BCUT2D eigenvalue weighted by molar-refractivity contribution is 0.768. The molecular formula is C14H19N. The summed E-state index contributed by atoms with van der Waals surface area (Å²) >= 11 is 0. The molecule has 1 aromatic carbocycles. The van der Waals surface area contributed by atoms with Gasteiger partial charge in [0.05, 0.1) is 0 Å². The molecular weight excluding hydrogens is 182 g/mol. The van der Waals surface area contributed by atoms with Gasteiger partial charge in [0, 0.05) is 12.0 Å². The Morgan fingerprint density at radius 3 is 2.73 bits per heavy atom. The number of nitrogens with two attached hydrogens (primary N) is 1. The third-order valence-corrected chi connectivity index (χ3v) is 2.37. The maximum Gasteiger partial charge on any atom is 0.0277 e. The van der Waals surface area contributed by atoms with Crippen LogP contribution in [0.4, 0.5) is 0 Å². The second-order valence-corrected chi connectivity index (χ2v) is 3.87. The Balaban J connectivity index is 2.59. The van der Waals surface area contributed by atoms with Gasteiger partial charge in [0.2, 0.25) is 0 Å². The van der Waals surface area contributed by atoms with E-state index in [2.05, 4.69) is 43.9 Å². The lowest BCUT2D eigenvalue weighted by Gasteiger charge is -1.98. The molecule has 1 rings (SSSR count). The molecule has 0 heterocycles. The number of unbranched alkanes of at least 4 members (excludes halogenated alkanes) is 2. The van der Waals surface area contributed by atoms with Gasteiger partial charge in [-0.05, 0) is 50.4 Å². The normalized spacial score (nSPS) is 9.53. The van der Waals surface area contributed by atoms with Gasteiger partial charge in [-0.1, -0.05) is 24.0 Å². The van der Waals surface area contributed by atoms with Crippen molar-refractivity contribution < 1.29 is 0 Å². The molecule has 0 aliphatic carbocycles. The van der Waals surface area contributed by atoms with Crippen LogP contribution >= 0.6 is 0 Å². The quantitative estimate of drug-likeness (QED) is 0.590. The van der Waals surface area contributed by atoms with Crippen LogP contribution in [-0.2, 0) is 0 Å². The van der Waals surface area contributed by atoms with Gasteiger partial charge in [-0.15, -0.1) is 0 Å². The van der Waals surface area contributed by atoms with E-state index < -0.39 is 0 Å². The van der Waals surface area contributed by atoms with Crippen LogP contribution in [0.1, 0.15) is 36.0 Å². The van der Waals surface area contributed by atoms with Crippen LogP contribution in [0.2, 0.25) is 0 Å². The van der Waals surface area contributed by atoms with Crippen LogP contribution < -0.4 is 5.73 Å². The Bertz CT molecular complexity index is 369. The summed E-state index contributed by atoms with van der Waals surface area (Å²) < 4.78 is 0. The first kappa shape index (κ1) is 11.8. The van der Waals surface area contributed by atoms with Crippen LogP contribution in [0.3, 0.4) is 0 Å². The predicted octanol–water partition coefficient (Wildman–Crippen LogP) is 2.78. The average Bonchev–Trinajstić information content (AvgIpc) is 2.23. The monoisotopic (exact) mass is 201 g/mol. The summed E-state index contributed by atoms with van der Waals surface area (Å²) in [6.45, 7) is 4.97. The standard InChI is InChI=1S/C14H19N/c1-12-8-9-13(2)14(11-12)7-5-3-4-6-10-15/h8-9,11H,3-4,6,10,15H2,1-2H3. The van der Waals surface area contributed by atoms with Gasteiger partial charge in [0.1, 0.15) is 0 Å². The Kier molecular flexibility index (Phi) is 4.93. The van der Waals surface area contributed by atoms with E-state index >= 15 is 0 Å². The third-order valence-electron chi connectivity index (χ3n) is 2.37. The first-order chi connectivity index (χ1) is 7.24. The maximum atomic E-state index is 5.42. The van der Waals surface area contributed by atoms with E-state index in [-0.39, 0.29) is 0 Å². The Morgan fingerprint density at radius 1 is 1.20 bits per heavy atom. The highest BCUT2D eigenvalue weighted by molar-refractivity contribution is 5.42. The van der Waals surface area contributed by atoms with Crippen molar-refractivity contribution in [2.75, 3.05) is 6.54 Å². The Labute approximate surface area is 92.7 Å². The third kappa shape index (κ3) is 4.18. The largest absolute Gasteiger partial charge is 0.330 e. The van der Waals surface area contributed by atoms with Gasteiger partial charge in [0.25, 0.3) is 0 Å². The molecule has 1 nitrogen and oxygen atoms in total. The summed E-state index contributed by atoms with van der Waals surface area (Å²) in [5, 5.41) is 0. The van der Waals surface area contributed by atoms with E-state index in [1.807, 2.05) is 0 Å². The molecule has 0 aliphatic heterocycles. The molecule has 1 aromatic rings. The fourth-order valence-corrected chi connectivity index (χ4v) is 1.39. The SMILES string of the molecule is Cc1ccc(C)c(C#CCCCCN)c1. The minimum atomic E-state index is 0.769. The zero-order chi connectivity index (χ0) is 11.1. The summed E-state index contributed by atoms with van der Waals surface area (Å²) in [6, 6.07) is 6.39. The van der Waals surface area contributed by atoms with E-state index in [4.69, 9.17) is 5.73 Å². The molecule has 0 aromatic heterocycles. The molecule has 0 amide bonds. The first-order valence-corrected chi connectivity index (χ1v) is 5.50. The second-order valence-electron chi connectivity index (χ2n) is 3.87. The zero-order valence-electron chi connectivity index (χ0n) is 9.64.